The van der Waals surface area contributed by atoms with Crippen LogP contribution in [0.5, 0.6) is 5.75 Å². The minimum Gasteiger partial charge on any atom is -0.460 e. The summed E-state index contributed by atoms with van der Waals surface area (Å²) in [6, 6.07) is 31.6. The molecule has 4 aromatic rings. The van der Waals surface area contributed by atoms with Gasteiger partial charge in [0.2, 0.25) is 5.91 Å². The van der Waals surface area contributed by atoms with Crippen LogP contribution in [0, 0.1) is 0 Å². The van der Waals surface area contributed by atoms with Crippen LogP contribution >= 0.6 is 11.8 Å². The van der Waals surface area contributed by atoms with Gasteiger partial charge in [0, 0.05) is 12.2 Å². The van der Waals surface area contributed by atoms with Gasteiger partial charge < -0.3 is 40.6 Å². The van der Waals surface area contributed by atoms with E-state index in [1.54, 1.807) is 53.7 Å². The van der Waals surface area contributed by atoms with Gasteiger partial charge in [0.05, 0.1) is 4.75 Å². The molecule has 0 saturated carbocycles. The van der Waals surface area contributed by atoms with Gasteiger partial charge in [-0.15, -0.1) is 11.8 Å². The SMILES string of the molecule is C=CCOC(=O)[C@H](Cc1ccc(OC(=O)NC(=O)[C@H](CSC(c2ccccc2)(c2ccccc2)c2ccccc2)NC(=O)[C@H](CCCN)NC(=O)OC(C)(C)C)cc1)NC(=O)OC(C)(C)C. The molecule has 6 N–H and O–H groups in total. The Hall–Kier alpha value is -6.65. The van der Waals surface area contributed by atoms with Crippen molar-refractivity contribution in [2.24, 2.45) is 5.73 Å². The van der Waals surface area contributed by atoms with Crippen LogP contribution in [-0.4, -0.2) is 84.3 Å². The monoisotopic (exact) mass is 923 g/mol. The normalized spacial score (nSPS) is 12.8. The smallest absolute Gasteiger partial charge is 0.419 e. The maximum Gasteiger partial charge on any atom is 0.419 e. The van der Waals surface area contributed by atoms with Crippen molar-refractivity contribution >= 4 is 47.8 Å². The maximum absolute atomic E-state index is 14.3. The molecule has 0 aliphatic rings. The Bertz CT molecular complexity index is 2130. The predicted molar refractivity (Wildman–Crippen MR) is 254 cm³/mol. The molecule has 4 aromatic carbocycles. The lowest BCUT2D eigenvalue weighted by Crippen LogP contribution is -2.56. The molecule has 5 amide bonds. The number of thioether (sulfide) groups is 1. The first-order valence-corrected chi connectivity index (χ1v) is 22.5. The number of carbonyl (C=O) groups excluding carboxylic acids is 6. The summed E-state index contributed by atoms with van der Waals surface area (Å²) in [6.07, 6.45) is -0.874. The standard InChI is InChI=1S/C50H61N5O10S/c1-8-31-62-44(58)40(54-47(61)65-49(5,6)7)32-34-26-28-38(29-27-34)63-45(59)55-43(57)41(52-42(56)39(25-18-30-51)53-46(60)64-48(2,3)4)33-66-50(35-19-12-9-13-20-35,36-21-14-10-15-22-36)37-23-16-11-17-24-37/h8-17,19-24,26-29,39-41H,1,18,25,30-33,51H2,2-7H3,(H,52,56)(H,53,60)(H,54,61)(H,55,57,59)/t39-,40-,41-/m0/s1. The lowest BCUT2D eigenvalue weighted by molar-refractivity contribution is -0.144. The van der Waals surface area contributed by atoms with E-state index in [2.05, 4.69) is 27.8 Å². The van der Waals surface area contributed by atoms with Crippen molar-refractivity contribution in [2.45, 2.75) is 94.9 Å². The minimum absolute atomic E-state index is 0.00468. The third kappa shape index (κ3) is 16.4. The van der Waals surface area contributed by atoms with Crippen LogP contribution < -0.4 is 31.7 Å². The summed E-state index contributed by atoms with van der Waals surface area (Å²) in [6.45, 7) is 13.9. The average Bonchev–Trinajstić information content (AvgIpc) is 3.26. The highest BCUT2D eigenvalue weighted by molar-refractivity contribution is 8.00. The van der Waals surface area contributed by atoms with Crippen LogP contribution in [0.25, 0.3) is 0 Å². The summed E-state index contributed by atoms with van der Waals surface area (Å²) in [4.78, 5) is 80.1. The van der Waals surface area contributed by atoms with E-state index in [0.717, 1.165) is 16.7 Å². The molecule has 4 rings (SSSR count). The Morgan fingerprint density at radius 2 is 1.12 bits per heavy atom. The topological polar surface area (TPSA) is 213 Å². The molecule has 352 valence electrons. The Morgan fingerprint density at radius 3 is 1.58 bits per heavy atom. The number of hydrogen-bond donors (Lipinski definition) is 5. The highest BCUT2D eigenvalue weighted by Gasteiger charge is 2.39. The van der Waals surface area contributed by atoms with Crippen molar-refractivity contribution in [3.63, 3.8) is 0 Å². The molecule has 0 heterocycles. The molecule has 0 bridgehead atoms. The molecule has 0 radical (unpaired) electrons. The third-order valence-electron chi connectivity index (χ3n) is 9.46. The first-order valence-electron chi connectivity index (χ1n) is 21.5. The zero-order chi connectivity index (χ0) is 48.3. The van der Waals surface area contributed by atoms with Crippen molar-refractivity contribution in [3.8, 4) is 5.75 Å². The van der Waals surface area contributed by atoms with Crippen LogP contribution in [0.1, 0.15) is 76.6 Å². The molecule has 66 heavy (non-hydrogen) atoms. The Balaban J connectivity index is 1.62. The molecule has 0 spiro atoms. The number of rotatable bonds is 20. The van der Waals surface area contributed by atoms with Crippen LogP contribution in [-0.2, 0) is 39.8 Å². The van der Waals surface area contributed by atoms with E-state index in [1.165, 1.54) is 30.0 Å². The number of ether oxygens (including phenoxy) is 4. The second kappa shape index (κ2) is 24.6. The molecular weight excluding hydrogens is 863 g/mol. The summed E-state index contributed by atoms with van der Waals surface area (Å²) in [5, 5.41) is 10.2. The van der Waals surface area contributed by atoms with Gasteiger partial charge in [-0.05, 0) is 95.3 Å². The molecule has 0 aromatic heterocycles. The molecule has 16 heteroatoms. The predicted octanol–water partition coefficient (Wildman–Crippen LogP) is 7.31. The molecule has 0 saturated heterocycles. The largest absolute Gasteiger partial charge is 0.460 e. The molecule has 15 nitrogen and oxygen atoms in total. The van der Waals surface area contributed by atoms with Crippen LogP contribution in [0.15, 0.2) is 128 Å². The van der Waals surface area contributed by atoms with Crippen molar-refractivity contribution < 1.29 is 47.7 Å². The van der Waals surface area contributed by atoms with E-state index < -0.39 is 70.1 Å². The van der Waals surface area contributed by atoms with Gasteiger partial charge in [0.1, 0.15) is 41.7 Å². The van der Waals surface area contributed by atoms with Gasteiger partial charge in [-0.3, -0.25) is 14.9 Å². The fourth-order valence-corrected chi connectivity index (χ4v) is 8.17. The Morgan fingerprint density at radius 1 is 0.636 bits per heavy atom. The molecule has 0 unspecified atom stereocenters. The first-order chi connectivity index (χ1) is 31.3. The fraction of sp³-hybridized carbons (Fsp3) is 0.360. The molecule has 0 aliphatic heterocycles. The summed E-state index contributed by atoms with van der Waals surface area (Å²) < 4.78 is 20.5. The van der Waals surface area contributed by atoms with Crippen LogP contribution in [0.4, 0.5) is 14.4 Å². The van der Waals surface area contributed by atoms with Gasteiger partial charge >= 0.3 is 24.2 Å². The van der Waals surface area contributed by atoms with Crippen LogP contribution in [0.2, 0.25) is 0 Å². The molecule has 0 aliphatic carbocycles. The van der Waals surface area contributed by atoms with Crippen molar-refractivity contribution in [1.82, 2.24) is 21.3 Å². The highest BCUT2D eigenvalue weighted by atomic mass is 32.2. The van der Waals surface area contributed by atoms with E-state index in [-0.39, 0.29) is 37.5 Å². The van der Waals surface area contributed by atoms with E-state index in [4.69, 9.17) is 24.7 Å². The first kappa shape index (κ1) is 52.0. The third-order valence-corrected chi connectivity index (χ3v) is 11.1. The van der Waals surface area contributed by atoms with E-state index in [0.29, 0.717) is 12.0 Å². The number of hydrogen-bond acceptors (Lipinski definition) is 12. The number of alkyl carbamates (subject to hydrolysis) is 2. The zero-order valence-corrected chi connectivity index (χ0v) is 39.1. The number of nitrogens with one attached hydrogen (secondary N) is 4. The second-order valence-corrected chi connectivity index (χ2v) is 18.4. The summed E-state index contributed by atoms with van der Waals surface area (Å²) in [5.41, 5.74) is 7.39. The molecule has 0 fully saturated rings. The minimum atomic E-state index is -1.36. The van der Waals surface area contributed by atoms with E-state index >= 15 is 0 Å². The lowest BCUT2D eigenvalue weighted by Gasteiger charge is -2.36. The lowest BCUT2D eigenvalue weighted by atomic mass is 9.84. The van der Waals surface area contributed by atoms with Crippen LogP contribution in [0.3, 0.4) is 0 Å². The van der Waals surface area contributed by atoms with Gasteiger partial charge in [-0.1, -0.05) is 116 Å². The number of carbonyl (C=O) groups is 6. The summed E-state index contributed by atoms with van der Waals surface area (Å²) in [7, 11) is 0. The van der Waals surface area contributed by atoms with Gasteiger partial charge in [0.25, 0.3) is 5.91 Å². The van der Waals surface area contributed by atoms with Gasteiger partial charge in [-0.2, -0.15) is 0 Å². The number of esters is 1. The Labute approximate surface area is 390 Å². The zero-order valence-electron chi connectivity index (χ0n) is 38.3. The molecular formula is C50H61N5O10S. The maximum atomic E-state index is 14.3. The number of imide groups is 1. The highest BCUT2D eigenvalue weighted by Crippen LogP contribution is 2.48. The Kier molecular flexibility index (Phi) is 19.4. The molecule has 3 atom stereocenters. The van der Waals surface area contributed by atoms with Crippen molar-refractivity contribution in [1.29, 1.82) is 0 Å². The quantitative estimate of drug-likeness (QED) is 0.0256. The van der Waals surface area contributed by atoms with Crippen molar-refractivity contribution in [2.75, 3.05) is 18.9 Å². The number of nitrogens with two attached hydrogens (primary N) is 1. The van der Waals surface area contributed by atoms with E-state index in [9.17, 15) is 28.8 Å². The van der Waals surface area contributed by atoms with Crippen molar-refractivity contribution in [3.05, 3.63) is 150 Å². The number of benzene rings is 4. The second-order valence-electron chi connectivity index (χ2n) is 17.1. The van der Waals surface area contributed by atoms with E-state index in [1.807, 2.05) is 91.0 Å². The average molecular weight is 924 g/mol. The fourth-order valence-electron chi connectivity index (χ4n) is 6.61. The van der Waals surface area contributed by atoms with Gasteiger partial charge in [-0.25, -0.2) is 19.2 Å². The number of amides is 5. The van der Waals surface area contributed by atoms with Gasteiger partial charge in [0.15, 0.2) is 0 Å². The summed E-state index contributed by atoms with van der Waals surface area (Å²) in [5.74, 6) is -2.31. The summed E-state index contributed by atoms with van der Waals surface area (Å²) >= 11 is 1.38.